The van der Waals surface area contributed by atoms with Crippen LogP contribution < -0.4 is 5.32 Å². The highest BCUT2D eigenvalue weighted by atomic mass is 32.2. The van der Waals surface area contributed by atoms with E-state index in [1.807, 2.05) is 0 Å². The predicted octanol–water partition coefficient (Wildman–Crippen LogP) is -0.132. The standard InChI is InChI=1S/C8H12N2O3S/c11-14(12)6-8(4-10-14)13-5-7-1-2-9-3-7/h4,6-7,9H,1-3,5H2. The summed E-state index contributed by atoms with van der Waals surface area (Å²) < 4.78 is 30.4. The van der Waals surface area contributed by atoms with Gasteiger partial charge in [-0.1, -0.05) is 0 Å². The van der Waals surface area contributed by atoms with Crippen LogP contribution in [-0.2, 0) is 14.8 Å². The minimum Gasteiger partial charge on any atom is -0.491 e. The van der Waals surface area contributed by atoms with E-state index in [1.165, 1.54) is 6.21 Å². The average molecular weight is 216 g/mol. The molecule has 0 aliphatic carbocycles. The molecule has 2 aliphatic heterocycles. The molecule has 0 aromatic heterocycles. The minimum atomic E-state index is -3.37. The summed E-state index contributed by atoms with van der Waals surface area (Å²) in [7, 11) is -3.37. The second-order valence-electron chi connectivity index (χ2n) is 3.44. The number of hydrogen-bond acceptors (Lipinski definition) is 4. The highest BCUT2D eigenvalue weighted by Crippen LogP contribution is 2.13. The highest BCUT2D eigenvalue weighted by Gasteiger charge is 2.18. The molecule has 2 aliphatic rings. The van der Waals surface area contributed by atoms with Crippen molar-refractivity contribution in [1.29, 1.82) is 0 Å². The number of rotatable bonds is 3. The Hall–Kier alpha value is -0.880. The Bertz CT molecular complexity index is 366. The van der Waals surface area contributed by atoms with Crippen LogP contribution in [-0.4, -0.2) is 34.3 Å². The van der Waals surface area contributed by atoms with Crippen LogP contribution in [0.1, 0.15) is 6.42 Å². The molecule has 0 radical (unpaired) electrons. The molecule has 6 heteroatoms. The second-order valence-corrected chi connectivity index (χ2v) is 4.92. The molecule has 0 aromatic carbocycles. The van der Waals surface area contributed by atoms with Crippen molar-refractivity contribution in [1.82, 2.24) is 5.32 Å². The van der Waals surface area contributed by atoms with Crippen LogP contribution in [0.3, 0.4) is 0 Å². The number of nitrogens with one attached hydrogen (secondary N) is 1. The Labute approximate surface area is 82.9 Å². The molecule has 1 atom stereocenters. The van der Waals surface area contributed by atoms with Crippen molar-refractivity contribution in [3.8, 4) is 0 Å². The summed E-state index contributed by atoms with van der Waals surface area (Å²) in [6, 6.07) is 0. The van der Waals surface area contributed by atoms with Gasteiger partial charge >= 0.3 is 0 Å². The zero-order chi connectivity index (χ0) is 10.0. The first kappa shape index (κ1) is 9.67. The molecule has 1 fully saturated rings. The lowest BCUT2D eigenvalue weighted by Gasteiger charge is -2.08. The van der Waals surface area contributed by atoms with Gasteiger partial charge in [0, 0.05) is 12.5 Å². The Balaban J connectivity index is 1.85. The maximum atomic E-state index is 10.9. The fraction of sp³-hybridized carbons (Fsp3) is 0.625. The zero-order valence-electron chi connectivity index (χ0n) is 7.64. The van der Waals surface area contributed by atoms with Crippen molar-refractivity contribution in [2.45, 2.75) is 6.42 Å². The van der Waals surface area contributed by atoms with E-state index < -0.39 is 10.0 Å². The molecule has 78 valence electrons. The number of sulfonamides is 1. The minimum absolute atomic E-state index is 0.344. The molecule has 0 saturated carbocycles. The molecule has 0 amide bonds. The summed E-state index contributed by atoms with van der Waals surface area (Å²) >= 11 is 0. The second kappa shape index (κ2) is 3.70. The highest BCUT2D eigenvalue weighted by molar-refractivity contribution is 7.93. The summed E-state index contributed by atoms with van der Waals surface area (Å²) in [4.78, 5) is 0. The Morgan fingerprint density at radius 3 is 3.07 bits per heavy atom. The van der Waals surface area contributed by atoms with Crippen molar-refractivity contribution >= 4 is 16.2 Å². The number of nitrogens with zero attached hydrogens (tertiary/aromatic N) is 1. The summed E-state index contributed by atoms with van der Waals surface area (Å²) in [5.74, 6) is 0.824. The van der Waals surface area contributed by atoms with Crippen molar-refractivity contribution in [3.63, 3.8) is 0 Å². The normalized spacial score (nSPS) is 29.1. The number of allylic oxidation sites excluding steroid dienone is 1. The van der Waals surface area contributed by atoms with Gasteiger partial charge in [0.15, 0.2) is 5.76 Å². The molecule has 1 N–H and O–H groups in total. The molecular formula is C8H12N2O3S. The van der Waals surface area contributed by atoms with Crippen LogP contribution >= 0.6 is 0 Å². The van der Waals surface area contributed by atoms with E-state index in [-0.39, 0.29) is 0 Å². The lowest BCUT2D eigenvalue weighted by Crippen LogP contribution is -2.13. The van der Waals surface area contributed by atoms with Gasteiger partial charge in [-0.2, -0.15) is 12.8 Å². The first-order valence-corrected chi connectivity index (χ1v) is 6.02. The quantitative estimate of drug-likeness (QED) is 0.713. The van der Waals surface area contributed by atoms with Crippen molar-refractivity contribution < 1.29 is 13.2 Å². The van der Waals surface area contributed by atoms with Gasteiger partial charge in [0.2, 0.25) is 0 Å². The van der Waals surface area contributed by atoms with E-state index in [0.29, 0.717) is 18.3 Å². The molecule has 0 bridgehead atoms. The third-order valence-corrected chi connectivity index (χ3v) is 3.17. The van der Waals surface area contributed by atoms with Crippen LogP contribution in [0.2, 0.25) is 0 Å². The smallest absolute Gasteiger partial charge is 0.279 e. The number of hydrogen-bond donors (Lipinski definition) is 1. The predicted molar refractivity (Wildman–Crippen MR) is 52.4 cm³/mol. The Morgan fingerprint density at radius 1 is 1.64 bits per heavy atom. The van der Waals surface area contributed by atoms with Crippen molar-refractivity contribution in [3.05, 3.63) is 11.2 Å². The summed E-state index contributed by atoms with van der Waals surface area (Å²) in [5.41, 5.74) is 0. The summed E-state index contributed by atoms with van der Waals surface area (Å²) in [5, 5.41) is 4.26. The van der Waals surface area contributed by atoms with Crippen LogP contribution in [0.15, 0.2) is 15.6 Å². The van der Waals surface area contributed by atoms with Gasteiger partial charge < -0.3 is 10.1 Å². The topological polar surface area (TPSA) is 67.8 Å². The van der Waals surface area contributed by atoms with E-state index in [9.17, 15) is 8.42 Å². The Kier molecular flexibility index (Phi) is 2.56. The molecule has 1 unspecified atom stereocenters. The largest absolute Gasteiger partial charge is 0.491 e. The van der Waals surface area contributed by atoms with Crippen molar-refractivity contribution in [2.75, 3.05) is 19.7 Å². The third-order valence-electron chi connectivity index (χ3n) is 2.24. The van der Waals surface area contributed by atoms with Crippen molar-refractivity contribution in [2.24, 2.45) is 10.3 Å². The zero-order valence-corrected chi connectivity index (χ0v) is 8.46. The number of ether oxygens (including phenoxy) is 1. The van der Waals surface area contributed by atoms with Gasteiger partial charge in [0.05, 0.1) is 18.2 Å². The first-order chi connectivity index (χ1) is 6.66. The van der Waals surface area contributed by atoms with Gasteiger partial charge in [-0.3, -0.25) is 0 Å². The third kappa shape index (κ3) is 2.33. The van der Waals surface area contributed by atoms with E-state index in [2.05, 4.69) is 9.71 Å². The Morgan fingerprint density at radius 2 is 2.50 bits per heavy atom. The van der Waals surface area contributed by atoms with Gasteiger partial charge in [0.25, 0.3) is 10.0 Å². The maximum absolute atomic E-state index is 10.9. The van der Waals surface area contributed by atoms with Gasteiger partial charge in [-0.05, 0) is 13.0 Å². The van der Waals surface area contributed by atoms with Gasteiger partial charge in [0.1, 0.15) is 0 Å². The monoisotopic (exact) mass is 216 g/mol. The van der Waals surface area contributed by atoms with Gasteiger partial charge in [-0.15, -0.1) is 0 Å². The molecule has 5 nitrogen and oxygen atoms in total. The SMILES string of the molecule is O=S1(=O)C=C(OCC2CCNC2)C=N1. The summed E-state index contributed by atoms with van der Waals surface area (Å²) in [6.45, 7) is 2.51. The fourth-order valence-corrected chi connectivity index (χ4v) is 2.21. The first-order valence-electron chi connectivity index (χ1n) is 4.51. The van der Waals surface area contributed by atoms with Crippen LogP contribution in [0.25, 0.3) is 0 Å². The van der Waals surface area contributed by atoms with Crippen LogP contribution in [0, 0.1) is 5.92 Å². The molecule has 2 rings (SSSR count). The van der Waals surface area contributed by atoms with E-state index in [4.69, 9.17) is 4.74 Å². The lowest BCUT2D eigenvalue weighted by atomic mass is 10.1. The molecule has 2 heterocycles. The molecule has 0 spiro atoms. The molecule has 0 aromatic rings. The fourth-order valence-electron chi connectivity index (χ4n) is 1.48. The lowest BCUT2D eigenvalue weighted by molar-refractivity contribution is 0.190. The summed E-state index contributed by atoms with van der Waals surface area (Å²) in [6.07, 6.45) is 2.33. The molecular weight excluding hydrogens is 204 g/mol. The van der Waals surface area contributed by atoms with Crippen LogP contribution in [0.4, 0.5) is 0 Å². The molecule has 14 heavy (non-hydrogen) atoms. The van der Waals surface area contributed by atoms with Crippen LogP contribution in [0.5, 0.6) is 0 Å². The van der Waals surface area contributed by atoms with E-state index in [0.717, 1.165) is 24.9 Å². The van der Waals surface area contributed by atoms with E-state index in [1.54, 1.807) is 0 Å². The molecule has 1 saturated heterocycles. The average Bonchev–Trinajstić information content (AvgIpc) is 2.70. The van der Waals surface area contributed by atoms with Gasteiger partial charge in [-0.25, -0.2) is 0 Å². The maximum Gasteiger partial charge on any atom is 0.279 e. The van der Waals surface area contributed by atoms with E-state index >= 15 is 0 Å².